The standard InChI is InChI=1S/C18H18N2O7/c1-24-12-6-9(4-5-11(12)21)15-10(8-19)17(20)27-13(7-14(22)25-2)16(15)18(23)26-3/h4-6,15,21H,7,20H2,1-3H3. The van der Waals surface area contributed by atoms with Crippen LogP contribution in [0, 0.1) is 11.3 Å². The molecule has 142 valence electrons. The lowest BCUT2D eigenvalue weighted by atomic mass is 9.82. The summed E-state index contributed by atoms with van der Waals surface area (Å²) in [5.41, 5.74) is 6.14. The number of ether oxygens (including phenoxy) is 4. The highest BCUT2D eigenvalue weighted by Crippen LogP contribution is 2.42. The van der Waals surface area contributed by atoms with Crippen LogP contribution >= 0.6 is 0 Å². The normalized spacial score (nSPS) is 16.3. The highest BCUT2D eigenvalue weighted by molar-refractivity contribution is 5.93. The van der Waals surface area contributed by atoms with Crippen molar-refractivity contribution >= 4 is 11.9 Å². The van der Waals surface area contributed by atoms with Gasteiger partial charge < -0.3 is 29.8 Å². The lowest BCUT2D eigenvalue weighted by molar-refractivity contribution is -0.140. The average Bonchev–Trinajstić information content (AvgIpc) is 2.67. The van der Waals surface area contributed by atoms with Gasteiger partial charge in [0, 0.05) is 0 Å². The molecule has 2 rings (SSSR count). The fourth-order valence-corrected chi connectivity index (χ4v) is 2.69. The Kier molecular flexibility index (Phi) is 5.92. The van der Waals surface area contributed by atoms with Gasteiger partial charge in [-0.15, -0.1) is 0 Å². The van der Waals surface area contributed by atoms with Gasteiger partial charge in [0.2, 0.25) is 5.88 Å². The zero-order valence-corrected chi connectivity index (χ0v) is 14.9. The summed E-state index contributed by atoms with van der Waals surface area (Å²) in [5.74, 6) is -2.77. The molecule has 0 aliphatic carbocycles. The van der Waals surface area contributed by atoms with Crippen molar-refractivity contribution in [2.24, 2.45) is 5.73 Å². The Bertz CT molecular complexity index is 880. The van der Waals surface area contributed by atoms with E-state index in [9.17, 15) is 20.0 Å². The molecule has 0 amide bonds. The summed E-state index contributed by atoms with van der Waals surface area (Å²) in [6.45, 7) is 0. The number of carbonyl (C=O) groups excluding carboxylic acids is 2. The molecule has 3 N–H and O–H groups in total. The number of allylic oxidation sites excluding steroid dienone is 1. The second-order valence-corrected chi connectivity index (χ2v) is 5.44. The molecule has 1 unspecified atom stereocenters. The third-order valence-electron chi connectivity index (χ3n) is 3.97. The molecule has 0 fully saturated rings. The number of methoxy groups -OCH3 is 3. The minimum Gasteiger partial charge on any atom is -0.504 e. The molecule has 1 aromatic carbocycles. The molecule has 27 heavy (non-hydrogen) atoms. The number of phenolic OH excluding ortho intramolecular Hbond substituents is 1. The zero-order chi connectivity index (χ0) is 20.1. The van der Waals surface area contributed by atoms with Crippen LogP contribution in [0.4, 0.5) is 0 Å². The molecule has 1 heterocycles. The number of hydrogen-bond acceptors (Lipinski definition) is 9. The lowest BCUT2D eigenvalue weighted by Gasteiger charge is -2.27. The summed E-state index contributed by atoms with van der Waals surface area (Å²) in [7, 11) is 3.71. The van der Waals surface area contributed by atoms with E-state index in [0.717, 1.165) is 7.11 Å². The number of benzene rings is 1. The predicted molar refractivity (Wildman–Crippen MR) is 91.0 cm³/mol. The number of aromatic hydroxyl groups is 1. The van der Waals surface area contributed by atoms with Crippen molar-refractivity contribution in [1.29, 1.82) is 5.26 Å². The van der Waals surface area contributed by atoms with Gasteiger partial charge in [0.25, 0.3) is 0 Å². The number of nitriles is 1. The van der Waals surface area contributed by atoms with Crippen LogP contribution in [0.1, 0.15) is 17.9 Å². The van der Waals surface area contributed by atoms with Crippen molar-refractivity contribution in [2.75, 3.05) is 21.3 Å². The SMILES string of the molecule is COC(=O)CC1=C(C(=O)OC)C(c2ccc(O)c(OC)c2)C(C#N)=C(N)O1. The molecular formula is C18H18N2O7. The van der Waals surface area contributed by atoms with E-state index in [4.69, 9.17) is 19.9 Å². The molecule has 1 aliphatic rings. The van der Waals surface area contributed by atoms with Gasteiger partial charge >= 0.3 is 11.9 Å². The maximum Gasteiger partial charge on any atom is 0.338 e. The van der Waals surface area contributed by atoms with Crippen molar-refractivity contribution < 1.29 is 33.6 Å². The summed E-state index contributed by atoms with van der Waals surface area (Å²) < 4.78 is 19.9. The fourth-order valence-electron chi connectivity index (χ4n) is 2.69. The van der Waals surface area contributed by atoms with Crippen LogP contribution in [0.3, 0.4) is 0 Å². The first-order valence-corrected chi connectivity index (χ1v) is 7.70. The van der Waals surface area contributed by atoms with Crippen molar-refractivity contribution in [3.63, 3.8) is 0 Å². The van der Waals surface area contributed by atoms with Crippen LogP contribution in [0.25, 0.3) is 0 Å². The number of carbonyl (C=O) groups is 2. The molecular weight excluding hydrogens is 356 g/mol. The summed E-state index contributed by atoms with van der Waals surface area (Å²) in [4.78, 5) is 24.2. The van der Waals surface area contributed by atoms with Crippen molar-refractivity contribution in [3.8, 4) is 17.6 Å². The Labute approximate surface area is 155 Å². The summed E-state index contributed by atoms with van der Waals surface area (Å²) >= 11 is 0. The maximum absolute atomic E-state index is 12.5. The molecule has 1 atom stereocenters. The Morgan fingerprint density at radius 3 is 2.56 bits per heavy atom. The molecule has 0 saturated carbocycles. The predicted octanol–water partition coefficient (Wildman–Crippen LogP) is 1.20. The summed E-state index contributed by atoms with van der Waals surface area (Å²) in [5, 5.41) is 19.4. The van der Waals surface area contributed by atoms with Crippen LogP contribution < -0.4 is 10.5 Å². The van der Waals surface area contributed by atoms with E-state index in [-0.39, 0.29) is 40.7 Å². The second kappa shape index (κ2) is 8.14. The van der Waals surface area contributed by atoms with Gasteiger partial charge in [0.05, 0.1) is 32.8 Å². The third kappa shape index (κ3) is 3.79. The number of nitrogens with zero attached hydrogens (tertiary/aromatic N) is 1. The number of rotatable bonds is 5. The quantitative estimate of drug-likeness (QED) is 0.727. The highest BCUT2D eigenvalue weighted by Gasteiger charge is 2.38. The van der Waals surface area contributed by atoms with Crippen LogP contribution in [-0.4, -0.2) is 38.4 Å². The van der Waals surface area contributed by atoms with E-state index in [0.29, 0.717) is 5.56 Å². The minimum absolute atomic E-state index is 0.0447. The van der Waals surface area contributed by atoms with E-state index in [1.807, 2.05) is 6.07 Å². The van der Waals surface area contributed by atoms with Crippen molar-refractivity contribution in [1.82, 2.24) is 0 Å². The maximum atomic E-state index is 12.5. The molecule has 0 spiro atoms. The fraction of sp³-hybridized carbons (Fsp3) is 0.278. The highest BCUT2D eigenvalue weighted by atomic mass is 16.5. The largest absolute Gasteiger partial charge is 0.504 e. The van der Waals surface area contributed by atoms with Crippen molar-refractivity contribution in [2.45, 2.75) is 12.3 Å². The molecule has 1 aromatic rings. The Morgan fingerprint density at radius 1 is 1.30 bits per heavy atom. The van der Waals surface area contributed by atoms with Gasteiger partial charge in [-0.05, 0) is 17.7 Å². The molecule has 0 bridgehead atoms. The molecule has 9 nitrogen and oxygen atoms in total. The van der Waals surface area contributed by atoms with Crippen LogP contribution in [0.5, 0.6) is 11.5 Å². The molecule has 0 aromatic heterocycles. The minimum atomic E-state index is -0.981. The van der Waals surface area contributed by atoms with Gasteiger partial charge in [0.1, 0.15) is 23.8 Å². The number of esters is 2. The van der Waals surface area contributed by atoms with E-state index in [1.54, 1.807) is 0 Å². The Hall–Kier alpha value is -3.67. The van der Waals surface area contributed by atoms with E-state index in [2.05, 4.69) is 4.74 Å². The van der Waals surface area contributed by atoms with Crippen LogP contribution in [-0.2, 0) is 23.8 Å². The monoisotopic (exact) mass is 374 g/mol. The number of hydrogen-bond donors (Lipinski definition) is 2. The van der Waals surface area contributed by atoms with Gasteiger partial charge in [-0.25, -0.2) is 4.79 Å². The number of nitrogens with two attached hydrogens (primary N) is 1. The number of phenols is 1. The first-order valence-electron chi connectivity index (χ1n) is 7.70. The summed E-state index contributed by atoms with van der Waals surface area (Å²) in [6, 6.07) is 6.22. The van der Waals surface area contributed by atoms with E-state index >= 15 is 0 Å². The second-order valence-electron chi connectivity index (χ2n) is 5.44. The topological polar surface area (TPSA) is 141 Å². The van der Waals surface area contributed by atoms with Gasteiger partial charge in [-0.1, -0.05) is 6.07 Å². The Balaban J connectivity index is 2.72. The average molecular weight is 374 g/mol. The van der Waals surface area contributed by atoms with Gasteiger partial charge in [-0.3, -0.25) is 4.79 Å². The molecule has 0 radical (unpaired) electrons. The first kappa shape index (κ1) is 19.7. The third-order valence-corrected chi connectivity index (χ3v) is 3.97. The van der Waals surface area contributed by atoms with Crippen LogP contribution in [0.2, 0.25) is 0 Å². The van der Waals surface area contributed by atoms with Crippen molar-refractivity contribution in [3.05, 3.63) is 46.6 Å². The van der Waals surface area contributed by atoms with E-state index in [1.165, 1.54) is 32.4 Å². The smallest absolute Gasteiger partial charge is 0.338 e. The lowest BCUT2D eigenvalue weighted by Crippen LogP contribution is -2.27. The van der Waals surface area contributed by atoms with Crippen LogP contribution in [0.15, 0.2) is 41.0 Å². The van der Waals surface area contributed by atoms with Gasteiger partial charge in [0.15, 0.2) is 11.5 Å². The van der Waals surface area contributed by atoms with E-state index < -0.39 is 17.9 Å². The molecule has 0 saturated heterocycles. The Morgan fingerprint density at radius 2 is 2.00 bits per heavy atom. The first-order chi connectivity index (χ1) is 12.9. The zero-order valence-electron chi connectivity index (χ0n) is 14.9. The van der Waals surface area contributed by atoms with Gasteiger partial charge in [-0.2, -0.15) is 5.26 Å². The summed E-state index contributed by atoms with van der Waals surface area (Å²) in [6.07, 6.45) is -0.383. The molecule has 1 aliphatic heterocycles. The molecule has 9 heteroatoms.